The third-order valence-corrected chi connectivity index (χ3v) is 3.00. The quantitative estimate of drug-likeness (QED) is 0.894. The molecule has 2 N–H and O–H groups in total. The van der Waals surface area contributed by atoms with Crippen LogP contribution in [0, 0.1) is 6.92 Å². The lowest BCUT2D eigenvalue weighted by Crippen LogP contribution is -2.22. The fourth-order valence-corrected chi connectivity index (χ4v) is 1.95. The summed E-state index contributed by atoms with van der Waals surface area (Å²) < 4.78 is 0. The van der Waals surface area contributed by atoms with Crippen molar-refractivity contribution < 1.29 is 0 Å². The first-order chi connectivity index (χ1) is 8.69. The number of hydrogen-bond donors (Lipinski definition) is 1. The lowest BCUT2D eigenvalue weighted by atomic mass is 10.2. The molecule has 0 fully saturated rings. The molecular formula is C15H19N3. The standard InChI is InChI=1S/C15H19N3/c1-3-18(14-6-4-12(2)5-7-14)11-13-8-9-17-15(16)10-13/h4-10H,3,11H2,1-2H3,(H2,16,17). The Balaban J connectivity index is 2.17. The first-order valence-corrected chi connectivity index (χ1v) is 6.21. The Kier molecular flexibility index (Phi) is 3.82. The van der Waals surface area contributed by atoms with Crippen molar-refractivity contribution in [2.75, 3.05) is 17.2 Å². The molecule has 0 saturated carbocycles. The van der Waals surface area contributed by atoms with Gasteiger partial charge in [0.1, 0.15) is 5.82 Å². The highest BCUT2D eigenvalue weighted by Crippen LogP contribution is 2.18. The smallest absolute Gasteiger partial charge is 0.123 e. The monoisotopic (exact) mass is 241 g/mol. The zero-order valence-electron chi connectivity index (χ0n) is 10.9. The first-order valence-electron chi connectivity index (χ1n) is 6.21. The van der Waals surface area contributed by atoms with Crippen molar-refractivity contribution in [3.8, 4) is 0 Å². The Morgan fingerprint density at radius 3 is 2.50 bits per heavy atom. The maximum absolute atomic E-state index is 5.70. The molecule has 0 radical (unpaired) electrons. The Bertz CT molecular complexity index is 505. The predicted molar refractivity (Wildman–Crippen MR) is 76.6 cm³/mol. The van der Waals surface area contributed by atoms with E-state index in [1.165, 1.54) is 16.8 Å². The maximum atomic E-state index is 5.70. The van der Waals surface area contributed by atoms with E-state index < -0.39 is 0 Å². The van der Waals surface area contributed by atoms with Gasteiger partial charge in [-0.15, -0.1) is 0 Å². The van der Waals surface area contributed by atoms with Gasteiger partial charge < -0.3 is 10.6 Å². The summed E-state index contributed by atoms with van der Waals surface area (Å²) in [6.45, 7) is 6.08. The van der Waals surface area contributed by atoms with E-state index in [0.717, 1.165) is 13.1 Å². The Labute approximate surface area is 108 Å². The van der Waals surface area contributed by atoms with E-state index in [-0.39, 0.29) is 0 Å². The Hall–Kier alpha value is -2.03. The van der Waals surface area contributed by atoms with E-state index >= 15 is 0 Å². The second-order valence-corrected chi connectivity index (χ2v) is 4.44. The summed E-state index contributed by atoms with van der Waals surface area (Å²) >= 11 is 0. The van der Waals surface area contributed by atoms with Crippen LogP contribution in [-0.4, -0.2) is 11.5 Å². The molecule has 3 heteroatoms. The highest BCUT2D eigenvalue weighted by Gasteiger charge is 2.05. The van der Waals surface area contributed by atoms with Crippen molar-refractivity contribution in [3.05, 3.63) is 53.7 Å². The van der Waals surface area contributed by atoms with Gasteiger partial charge in [0.05, 0.1) is 0 Å². The maximum Gasteiger partial charge on any atom is 0.123 e. The predicted octanol–water partition coefficient (Wildman–Crippen LogP) is 3.00. The highest BCUT2D eigenvalue weighted by atomic mass is 15.1. The van der Waals surface area contributed by atoms with Gasteiger partial charge in [-0.3, -0.25) is 0 Å². The van der Waals surface area contributed by atoms with Crippen molar-refractivity contribution in [1.29, 1.82) is 0 Å². The molecule has 0 atom stereocenters. The third-order valence-electron chi connectivity index (χ3n) is 3.00. The average Bonchev–Trinajstić information content (AvgIpc) is 2.37. The fraction of sp³-hybridized carbons (Fsp3) is 0.267. The van der Waals surface area contributed by atoms with Gasteiger partial charge in [0.2, 0.25) is 0 Å². The van der Waals surface area contributed by atoms with E-state index in [9.17, 15) is 0 Å². The molecule has 0 aliphatic rings. The van der Waals surface area contributed by atoms with Crippen molar-refractivity contribution in [3.63, 3.8) is 0 Å². The third kappa shape index (κ3) is 3.00. The van der Waals surface area contributed by atoms with Crippen molar-refractivity contribution in [2.24, 2.45) is 0 Å². The molecule has 0 spiro atoms. The van der Waals surface area contributed by atoms with Gasteiger partial charge in [-0.2, -0.15) is 0 Å². The molecule has 3 nitrogen and oxygen atoms in total. The van der Waals surface area contributed by atoms with Gasteiger partial charge in [0.15, 0.2) is 0 Å². The molecule has 0 amide bonds. The number of nitrogens with two attached hydrogens (primary N) is 1. The SMILES string of the molecule is CCN(Cc1ccnc(N)c1)c1ccc(C)cc1. The van der Waals surface area contributed by atoms with Crippen LogP contribution in [0.2, 0.25) is 0 Å². The molecule has 18 heavy (non-hydrogen) atoms. The minimum Gasteiger partial charge on any atom is -0.384 e. The number of pyridine rings is 1. The summed E-state index contributed by atoms with van der Waals surface area (Å²) in [6.07, 6.45) is 1.76. The number of anilines is 2. The van der Waals surface area contributed by atoms with Crippen LogP contribution in [0.1, 0.15) is 18.1 Å². The Morgan fingerprint density at radius 2 is 1.89 bits per heavy atom. The number of benzene rings is 1. The number of hydrogen-bond acceptors (Lipinski definition) is 3. The van der Waals surface area contributed by atoms with Gasteiger partial charge >= 0.3 is 0 Å². The average molecular weight is 241 g/mol. The minimum absolute atomic E-state index is 0.576. The van der Waals surface area contributed by atoms with E-state index in [4.69, 9.17) is 5.73 Å². The highest BCUT2D eigenvalue weighted by molar-refractivity contribution is 5.48. The summed E-state index contributed by atoms with van der Waals surface area (Å²) in [6, 6.07) is 12.5. The summed E-state index contributed by atoms with van der Waals surface area (Å²) in [5, 5.41) is 0. The molecule has 0 unspecified atom stereocenters. The molecule has 1 aromatic carbocycles. The van der Waals surface area contributed by atoms with Crippen LogP contribution < -0.4 is 10.6 Å². The van der Waals surface area contributed by atoms with Crippen LogP contribution in [0.4, 0.5) is 11.5 Å². The number of aromatic nitrogens is 1. The fourth-order valence-electron chi connectivity index (χ4n) is 1.95. The summed E-state index contributed by atoms with van der Waals surface area (Å²) in [7, 11) is 0. The van der Waals surface area contributed by atoms with Gasteiger partial charge in [-0.25, -0.2) is 4.98 Å². The van der Waals surface area contributed by atoms with Crippen LogP contribution in [0.25, 0.3) is 0 Å². The van der Waals surface area contributed by atoms with Crippen LogP contribution in [0.5, 0.6) is 0 Å². The van der Waals surface area contributed by atoms with Gasteiger partial charge in [-0.05, 0) is 43.7 Å². The molecule has 0 aliphatic heterocycles. The zero-order chi connectivity index (χ0) is 13.0. The molecule has 0 bridgehead atoms. The van der Waals surface area contributed by atoms with E-state index in [0.29, 0.717) is 5.82 Å². The molecule has 2 rings (SSSR count). The van der Waals surface area contributed by atoms with Gasteiger partial charge in [0, 0.05) is 25.0 Å². The van der Waals surface area contributed by atoms with Crippen molar-refractivity contribution in [1.82, 2.24) is 4.98 Å². The number of nitrogens with zero attached hydrogens (tertiary/aromatic N) is 2. The van der Waals surface area contributed by atoms with E-state index in [1.54, 1.807) is 6.20 Å². The normalized spacial score (nSPS) is 10.3. The summed E-state index contributed by atoms with van der Waals surface area (Å²) in [5.41, 5.74) is 9.41. The van der Waals surface area contributed by atoms with Crippen LogP contribution >= 0.6 is 0 Å². The van der Waals surface area contributed by atoms with Crippen molar-refractivity contribution in [2.45, 2.75) is 20.4 Å². The Morgan fingerprint density at radius 1 is 1.17 bits per heavy atom. The minimum atomic E-state index is 0.576. The zero-order valence-corrected chi connectivity index (χ0v) is 10.9. The second-order valence-electron chi connectivity index (χ2n) is 4.44. The summed E-state index contributed by atoms with van der Waals surface area (Å²) in [5.74, 6) is 0.576. The first kappa shape index (κ1) is 12.4. The van der Waals surface area contributed by atoms with Gasteiger partial charge in [0.25, 0.3) is 0 Å². The molecule has 1 aromatic heterocycles. The molecule has 0 saturated heterocycles. The lowest BCUT2D eigenvalue weighted by Gasteiger charge is -2.23. The van der Waals surface area contributed by atoms with Crippen molar-refractivity contribution >= 4 is 11.5 Å². The number of nitrogen functional groups attached to an aromatic ring is 1. The van der Waals surface area contributed by atoms with Crippen LogP contribution in [0.15, 0.2) is 42.6 Å². The molecule has 1 heterocycles. The number of aryl methyl sites for hydroxylation is 1. The largest absolute Gasteiger partial charge is 0.384 e. The number of rotatable bonds is 4. The molecular weight excluding hydrogens is 222 g/mol. The lowest BCUT2D eigenvalue weighted by molar-refractivity contribution is 0.830. The summed E-state index contributed by atoms with van der Waals surface area (Å²) in [4.78, 5) is 6.33. The van der Waals surface area contributed by atoms with E-state index in [2.05, 4.69) is 48.0 Å². The van der Waals surface area contributed by atoms with Crippen LogP contribution in [0.3, 0.4) is 0 Å². The molecule has 0 aliphatic carbocycles. The topological polar surface area (TPSA) is 42.2 Å². The van der Waals surface area contributed by atoms with Gasteiger partial charge in [-0.1, -0.05) is 17.7 Å². The van der Waals surface area contributed by atoms with E-state index in [1.807, 2.05) is 12.1 Å². The van der Waals surface area contributed by atoms with Crippen LogP contribution in [-0.2, 0) is 6.54 Å². The molecule has 2 aromatic rings. The molecule has 94 valence electrons. The second kappa shape index (κ2) is 5.54.